The summed E-state index contributed by atoms with van der Waals surface area (Å²) in [7, 11) is 0. The lowest BCUT2D eigenvalue weighted by Crippen LogP contribution is -2.66. The van der Waals surface area contributed by atoms with Gasteiger partial charge in [-0.15, -0.1) is 0 Å². The van der Waals surface area contributed by atoms with Crippen LogP contribution in [0.4, 0.5) is 0 Å². The zero-order valence-electron chi connectivity index (χ0n) is 51.8. The Morgan fingerprint density at radius 3 is 1.76 bits per heavy atom. The summed E-state index contributed by atoms with van der Waals surface area (Å²) in [5.74, 6) is -2.41. The minimum absolute atomic E-state index is 0.00928. The minimum atomic E-state index is -1.51. The maximum absolute atomic E-state index is 14.7. The van der Waals surface area contributed by atoms with Crippen LogP contribution in [0.1, 0.15) is 170 Å². The van der Waals surface area contributed by atoms with Crippen molar-refractivity contribution >= 4 is 23.9 Å². The Morgan fingerprint density at radius 2 is 1.14 bits per heavy atom. The van der Waals surface area contributed by atoms with E-state index in [0.717, 1.165) is 69.8 Å². The molecule has 12 rings (SSSR count). The quantitative estimate of drug-likeness (QED) is 0.0538. The summed E-state index contributed by atoms with van der Waals surface area (Å²) in [4.78, 5) is 57.3. The van der Waals surface area contributed by atoms with E-state index in [-0.39, 0.29) is 74.3 Å². The number of esters is 4. The molecule has 3 aliphatic heterocycles. The van der Waals surface area contributed by atoms with E-state index in [0.29, 0.717) is 12.5 Å². The zero-order chi connectivity index (χ0) is 60.6. The van der Waals surface area contributed by atoms with E-state index in [4.69, 9.17) is 47.4 Å². The van der Waals surface area contributed by atoms with Gasteiger partial charge in [0, 0.05) is 0 Å². The number of hydrogen-bond donors (Lipinski definition) is 0. The molecule has 0 N–H and O–H groups in total. The van der Waals surface area contributed by atoms with Crippen molar-refractivity contribution in [1.82, 2.24) is 0 Å². The highest BCUT2D eigenvalue weighted by atomic mass is 16.8. The average molecular weight is 1180 g/mol. The first-order valence-corrected chi connectivity index (χ1v) is 31.6. The van der Waals surface area contributed by atoms with Gasteiger partial charge in [0.1, 0.15) is 24.9 Å². The largest absolute Gasteiger partial charge is 0.460 e. The average Bonchev–Trinajstić information content (AvgIpc) is 0.765. The van der Waals surface area contributed by atoms with E-state index in [1.807, 2.05) is 44.2 Å². The van der Waals surface area contributed by atoms with Crippen molar-refractivity contribution in [2.75, 3.05) is 6.61 Å². The molecular formula is C72H88O14. The van der Waals surface area contributed by atoms with Crippen LogP contribution in [0, 0.1) is 50.2 Å². The van der Waals surface area contributed by atoms with Gasteiger partial charge in [-0.1, -0.05) is 145 Å². The number of benzene rings is 4. The second-order valence-electron chi connectivity index (χ2n) is 28.8. The fourth-order valence-electron chi connectivity index (χ4n) is 17.8. The Morgan fingerprint density at radius 1 is 0.570 bits per heavy atom. The smallest absolute Gasteiger partial charge is 0.338 e. The Hall–Kier alpha value is -5.74. The third-order valence-electron chi connectivity index (χ3n) is 22.5. The number of allylic oxidation sites excluding steroid dienone is 2. The second-order valence-corrected chi connectivity index (χ2v) is 28.8. The van der Waals surface area contributed by atoms with Gasteiger partial charge in [0.25, 0.3) is 0 Å². The maximum atomic E-state index is 14.7. The molecule has 0 radical (unpaired) electrons. The van der Waals surface area contributed by atoms with Crippen LogP contribution in [0.25, 0.3) is 0 Å². The lowest BCUT2D eigenvalue weighted by atomic mass is 9.33. The first kappa shape index (κ1) is 60.5. The van der Waals surface area contributed by atoms with Crippen molar-refractivity contribution in [1.29, 1.82) is 0 Å². The van der Waals surface area contributed by atoms with E-state index in [9.17, 15) is 19.2 Å². The van der Waals surface area contributed by atoms with Gasteiger partial charge in [-0.3, -0.25) is 4.79 Å². The molecule has 0 aromatic heterocycles. The SMILES string of the molecule is C[C@@H]1O[C@@H](O[C@H]2[C@@H](O[C@H]3CC[C@]4(C)[C@H]5CC=C6[C@@H]7CC(C)(C)CC[C@]7(C(=O)OCc7ccccc7)CC[C@@]6(C)[C@]5(C)CC[C@H]4C3(C)C)OC[C@@H]3OC(C)(C)O[C@H]23)[C@H](OC(=O)c2ccccc2)[C@H](OC(=O)c2ccccc2)[C@H]1OC(=O)c1ccccc1. The maximum Gasteiger partial charge on any atom is 0.338 e. The summed E-state index contributed by atoms with van der Waals surface area (Å²) in [6.07, 6.45) is 1.68. The normalized spacial score (nSPS) is 38.2. The van der Waals surface area contributed by atoms with E-state index in [2.05, 4.69) is 54.5 Å². The predicted octanol–water partition coefficient (Wildman–Crippen LogP) is 13.6. The molecular weight excluding hydrogens is 1090 g/mol. The van der Waals surface area contributed by atoms with Crippen LogP contribution in [0.3, 0.4) is 0 Å². The van der Waals surface area contributed by atoms with E-state index in [1.54, 1.807) is 97.9 Å². The van der Waals surface area contributed by atoms with Crippen LogP contribution in [0.15, 0.2) is 133 Å². The van der Waals surface area contributed by atoms with Crippen LogP contribution >= 0.6 is 0 Å². The Kier molecular flexibility index (Phi) is 16.2. The van der Waals surface area contributed by atoms with Crippen LogP contribution in [0.2, 0.25) is 0 Å². The number of fused-ring (bicyclic) bond motifs is 8. The Bertz CT molecular complexity index is 3150. The van der Waals surface area contributed by atoms with Crippen LogP contribution in [-0.2, 0) is 58.8 Å². The number of ether oxygens (including phenoxy) is 10. The summed E-state index contributed by atoms with van der Waals surface area (Å²) in [6.45, 7) is 23.0. The molecule has 5 aliphatic carbocycles. The van der Waals surface area contributed by atoms with Gasteiger partial charge in [0.05, 0.1) is 40.9 Å². The van der Waals surface area contributed by atoms with Crippen molar-refractivity contribution in [3.05, 3.63) is 155 Å². The van der Waals surface area contributed by atoms with Crippen LogP contribution in [0.5, 0.6) is 0 Å². The molecule has 3 saturated heterocycles. The highest BCUT2D eigenvalue weighted by Gasteiger charge is 2.70. The molecule has 0 amide bonds. The van der Waals surface area contributed by atoms with Gasteiger partial charge in [-0.25, -0.2) is 14.4 Å². The van der Waals surface area contributed by atoms with Gasteiger partial charge in [0.15, 0.2) is 36.7 Å². The molecule has 4 saturated carbocycles. The number of hydrogen-bond acceptors (Lipinski definition) is 14. The fourth-order valence-corrected chi connectivity index (χ4v) is 17.8. The van der Waals surface area contributed by atoms with Crippen LogP contribution < -0.4 is 0 Å². The molecule has 7 fully saturated rings. The van der Waals surface area contributed by atoms with E-state index < -0.39 is 84.4 Å². The molecule has 3 heterocycles. The third kappa shape index (κ3) is 10.9. The number of carbonyl (C=O) groups excluding carboxylic acids is 4. The van der Waals surface area contributed by atoms with Crippen molar-refractivity contribution in [3.63, 3.8) is 0 Å². The lowest BCUT2D eigenvalue weighted by molar-refractivity contribution is -0.357. The topological polar surface area (TPSA) is 161 Å². The molecule has 8 aliphatic rings. The molecule has 460 valence electrons. The van der Waals surface area contributed by atoms with E-state index >= 15 is 0 Å². The van der Waals surface area contributed by atoms with Gasteiger partial charge in [-0.05, 0) is 172 Å². The molecule has 4 aromatic rings. The van der Waals surface area contributed by atoms with Gasteiger partial charge >= 0.3 is 23.9 Å². The summed E-state index contributed by atoms with van der Waals surface area (Å²) in [6, 6.07) is 35.5. The Balaban J connectivity index is 0.832. The summed E-state index contributed by atoms with van der Waals surface area (Å²) < 4.78 is 66.7. The summed E-state index contributed by atoms with van der Waals surface area (Å²) >= 11 is 0. The second kappa shape index (κ2) is 23.0. The monoisotopic (exact) mass is 1180 g/mol. The lowest BCUT2D eigenvalue weighted by Gasteiger charge is -2.71. The number of carbonyl (C=O) groups is 4. The molecule has 0 spiro atoms. The van der Waals surface area contributed by atoms with Crippen molar-refractivity contribution < 1.29 is 66.5 Å². The highest BCUT2D eigenvalue weighted by Crippen LogP contribution is 2.76. The number of rotatable bonds is 13. The highest BCUT2D eigenvalue weighted by molar-refractivity contribution is 5.91. The fraction of sp³-hybridized carbons (Fsp3) is 0.583. The van der Waals surface area contributed by atoms with Crippen molar-refractivity contribution in [3.8, 4) is 0 Å². The van der Waals surface area contributed by atoms with E-state index in [1.165, 1.54) is 5.57 Å². The molecule has 14 nitrogen and oxygen atoms in total. The first-order chi connectivity index (χ1) is 41.0. The molecule has 86 heavy (non-hydrogen) atoms. The first-order valence-electron chi connectivity index (χ1n) is 31.6. The molecule has 0 bridgehead atoms. The molecule has 14 heteroatoms. The van der Waals surface area contributed by atoms with Crippen molar-refractivity contribution in [2.24, 2.45) is 50.2 Å². The molecule has 4 aromatic carbocycles. The summed E-state index contributed by atoms with van der Waals surface area (Å²) in [5, 5.41) is 0. The minimum Gasteiger partial charge on any atom is -0.460 e. The predicted molar refractivity (Wildman–Crippen MR) is 320 cm³/mol. The molecule has 0 unspecified atom stereocenters. The van der Waals surface area contributed by atoms with Gasteiger partial charge in [0.2, 0.25) is 0 Å². The Labute approximate surface area is 507 Å². The standard InChI is InChI=1S/C72H88O14/c1-44-55(81-60(73)46-25-17-12-18-26-46)57(82-61(74)47-27-19-13-20-28-47)59(83-62(75)48-29-21-14-22-30-48)64(79-44)84-58-56-51(85-68(6,7)86-56)43-77-63(58)80-54-34-35-69(8)52(67(54,4)5)33-36-71(10)53(69)32-31-49-50-41-66(2,3)37-39-72(50,40-38-70(49,71)9)65(76)78-42-45-23-15-11-16-24-45/h11-31,44,50-59,63-64H,32-43H2,1-10H3/t44-,50-,51-,52-,53+,54-,55-,56-,57+,58+,59+,63+,64-,69-,70+,71+,72-/m0/s1. The van der Waals surface area contributed by atoms with Gasteiger partial charge < -0.3 is 47.4 Å². The molecule has 17 atom stereocenters. The van der Waals surface area contributed by atoms with Crippen LogP contribution in [-0.4, -0.2) is 97.7 Å². The van der Waals surface area contributed by atoms with Gasteiger partial charge in [-0.2, -0.15) is 0 Å². The zero-order valence-corrected chi connectivity index (χ0v) is 51.8. The van der Waals surface area contributed by atoms with Crippen molar-refractivity contribution in [2.45, 2.75) is 207 Å². The third-order valence-corrected chi connectivity index (χ3v) is 22.5. The summed E-state index contributed by atoms with van der Waals surface area (Å²) in [5.41, 5.74) is 2.34.